The van der Waals surface area contributed by atoms with Crippen LogP contribution in [0.5, 0.6) is 0 Å². The van der Waals surface area contributed by atoms with Crippen LogP contribution in [0.1, 0.15) is 103 Å². The minimum atomic E-state index is -0.0588. The SMILES string of the molecule is CCCCN1CCC(c2cc(F)ccc2C2CC(C)(C)CC(C)(C)C2)CC1. The molecule has 27 heavy (non-hydrogen) atoms. The molecule has 1 heterocycles. The third kappa shape index (κ3) is 5.34. The summed E-state index contributed by atoms with van der Waals surface area (Å²) in [5.41, 5.74) is 3.50. The highest BCUT2D eigenvalue weighted by Crippen LogP contribution is 2.53. The van der Waals surface area contributed by atoms with E-state index in [1.807, 2.05) is 6.07 Å². The van der Waals surface area contributed by atoms with E-state index < -0.39 is 0 Å². The molecule has 3 rings (SSSR count). The van der Waals surface area contributed by atoms with Crippen molar-refractivity contribution >= 4 is 0 Å². The largest absolute Gasteiger partial charge is 0.303 e. The Morgan fingerprint density at radius 1 is 0.963 bits per heavy atom. The first kappa shape index (κ1) is 20.8. The van der Waals surface area contributed by atoms with Gasteiger partial charge in [-0.1, -0.05) is 47.1 Å². The molecule has 2 heteroatoms. The monoisotopic (exact) mass is 373 g/mol. The molecular weight excluding hydrogens is 333 g/mol. The van der Waals surface area contributed by atoms with E-state index in [1.165, 1.54) is 75.7 Å². The number of nitrogens with zero attached hydrogens (tertiary/aromatic N) is 1. The average Bonchev–Trinajstić information content (AvgIpc) is 2.57. The molecule has 2 aliphatic rings. The van der Waals surface area contributed by atoms with Gasteiger partial charge in [-0.05, 0) is 104 Å². The zero-order valence-corrected chi connectivity index (χ0v) is 18.3. The molecule has 0 amide bonds. The van der Waals surface area contributed by atoms with Gasteiger partial charge in [-0.15, -0.1) is 0 Å². The van der Waals surface area contributed by atoms with Crippen LogP contribution in [0.15, 0.2) is 18.2 Å². The summed E-state index contributed by atoms with van der Waals surface area (Å²) in [6, 6.07) is 5.69. The lowest BCUT2D eigenvalue weighted by Crippen LogP contribution is -2.35. The third-order valence-electron chi connectivity index (χ3n) is 6.90. The Morgan fingerprint density at radius 3 is 2.19 bits per heavy atom. The Morgan fingerprint density at radius 2 is 1.59 bits per heavy atom. The summed E-state index contributed by atoms with van der Waals surface area (Å²) < 4.78 is 14.2. The normalized spacial score (nSPS) is 24.2. The Bertz CT molecular complexity index is 609. The van der Waals surface area contributed by atoms with Gasteiger partial charge in [0.25, 0.3) is 0 Å². The number of likely N-dealkylation sites (tertiary alicyclic amines) is 1. The van der Waals surface area contributed by atoms with Crippen LogP contribution in [0.2, 0.25) is 0 Å². The standard InChI is InChI=1S/C25H40FN/c1-6-7-12-27-13-10-19(11-14-27)23-15-21(26)8-9-22(23)20-16-24(2,3)18-25(4,5)17-20/h8-9,15,19-20H,6-7,10-14,16-18H2,1-5H3. The smallest absolute Gasteiger partial charge is 0.123 e. The number of rotatable bonds is 5. The van der Waals surface area contributed by atoms with Gasteiger partial charge in [0, 0.05) is 0 Å². The van der Waals surface area contributed by atoms with E-state index >= 15 is 0 Å². The van der Waals surface area contributed by atoms with E-state index in [4.69, 9.17) is 0 Å². The van der Waals surface area contributed by atoms with Gasteiger partial charge >= 0.3 is 0 Å². The second-order valence-corrected chi connectivity index (χ2v) is 10.9. The molecule has 2 fully saturated rings. The van der Waals surface area contributed by atoms with Crippen LogP contribution < -0.4 is 0 Å². The van der Waals surface area contributed by atoms with E-state index in [0.717, 1.165) is 0 Å². The van der Waals surface area contributed by atoms with Gasteiger partial charge < -0.3 is 4.90 Å². The maximum Gasteiger partial charge on any atom is 0.123 e. The highest BCUT2D eigenvalue weighted by Gasteiger charge is 2.40. The molecule has 0 unspecified atom stereocenters. The molecule has 1 saturated heterocycles. The summed E-state index contributed by atoms with van der Waals surface area (Å²) in [6.07, 6.45) is 8.65. The predicted molar refractivity (Wildman–Crippen MR) is 114 cm³/mol. The topological polar surface area (TPSA) is 3.24 Å². The first-order valence-corrected chi connectivity index (χ1v) is 11.2. The summed E-state index contributed by atoms with van der Waals surface area (Å²) >= 11 is 0. The van der Waals surface area contributed by atoms with Crippen molar-refractivity contribution in [2.45, 2.75) is 91.4 Å². The zero-order valence-electron chi connectivity index (χ0n) is 18.3. The fourth-order valence-corrected chi connectivity index (χ4v) is 6.19. The number of halogens is 1. The molecule has 1 aliphatic carbocycles. The van der Waals surface area contributed by atoms with Gasteiger partial charge in [0.15, 0.2) is 0 Å². The van der Waals surface area contributed by atoms with Crippen molar-refractivity contribution in [3.8, 4) is 0 Å². The summed E-state index contributed by atoms with van der Waals surface area (Å²) in [7, 11) is 0. The van der Waals surface area contributed by atoms with Crippen LogP contribution in [-0.4, -0.2) is 24.5 Å². The van der Waals surface area contributed by atoms with Crippen molar-refractivity contribution in [3.63, 3.8) is 0 Å². The van der Waals surface area contributed by atoms with Crippen LogP contribution >= 0.6 is 0 Å². The van der Waals surface area contributed by atoms with Gasteiger partial charge in [0.2, 0.25) is 0 Å². The van der Waals surface area contributed by atoms with Crippen LogP contribution in [0.4, 0.5) is 4.39 Å². The van der Waals surface area contributed by atoms with Crippen molar-refractivity contribution in [3.05, 3.63) is 35.1 Å². The maximum atomic E-state index is 14.2. The van der Waals surface area contributed by atoms with E-state index in [-0.39, 0.29) is 5.82 Å². The number of benzene rings is 1. The van der Waals surface area contributed by atoms with Crippen molar-refractivity contribution in [2.24, 2.45) is 10.8 Å². The predicted octanol–water partition coefficient (Wildman–Crippen LogP) is 7.13. The highest BCUT2D eigenvalue weighted by atomic mass is 19.1. The molecule has 1 aliphatic heterocycles. The van der Waals surface area contributed by atoms with E-state index in [9.17, 15) is 4.39 Å². The first-order chi connectivity index (χ1) is 12.7. The summed E-state index contributed by atoms with van der Waals surface area (Å²) in [5.74, 6) is 1.04. The molecule has 0 spiro atoms. The number of unbranched alkanes of at least 4 members (excludes halogenated alkanes) is 1. The zero-order chi connectivity index (χ0) is 19.7. The summed E-state index contributed by atoms with van der Waals surface area (Å²) in [5, 5.41) is 0. The lowest BCUT2D eigenvalue weighted by atomic mass is 9.59. The van der Waals surface area contributed by atoms with Gasteiger partial charge in [-0.25, -0.2) is 4.39 Å². The third-order valence-corrected chi connectivity index (χ3v) is 6.90. The fraction of sp³-hybridized carbons (Fsp3) is 0.760. The Kier molecular flexibility index (Phi) is 6.35. The van der Waals surface area contributed by atoms with Crippen molar-refractivity contribution in [2.75, 3.05) is 19.6 Å². The minimum Gasteiger partial charge on any atom is -0.303 e. The molecule has 0 N–H and O–H groups in total. The van der Waals surface area contributed by atoms with Gasteiger partial charge in [0.1, 0.15) is 5.82 Å². The highest BCUT2D eigenvalue weighted by molar-refractivity contribution is 5.35. The number of hydrogen-bond acceptors (Lipinski definition) is 1. The van der Waals surface area contributed by atoms with Crippen LogP contribution in [0.25, 0.3) is 0 Å². The van der Waals surface area contributed by atoms with E-state index in [2.05, 4.69) is 45.6 Å². The van der Waals surface area contributed by atoms with Crippen LogP contribution in [0, 0.1) is 16.6 Å². The minimum absolute atomic E-state index is 0.0588. The molecular formula is C25H40FN. The molecule has 1 saturated carbocycles. The van der Waals surface area contributed by atoms with E-state index in [1.54, 1.807) is 6.07 Å². The molecule has 1 nitrogen and oxygen atoms in total. The molecule has 1 aromatic carbocycles. The van der Waals surface area contributed by atoms with Gasteiger partial charge in [-0.3, -0.25) is 0 Å². The Labute approximate surface area is 166 Å². The van der Waals surface area contributed by atoms with Gasteiger partial charge in [0.05, 0.1) is 0 Å². The second kappa shape index (κ2) is 8.23. The molecule has 152 valence electrons. The van der Waals surface area contributed by atoms with Crippen LogP contribution in [-0.2, 0) is 0 Å². The van der Waals surface area contributed by atoms with Crippen molar-refractivity contribution < 1.29 is 4.39 Å². The number of hydrogen-bond donors (Lipinski definition) is 0. The van der Waals surface area contributed by atoms with Crippen molar-refractivity contribution in [1.82, 2.24) is 4.90 Å². The number of piperidine rings is 1. The molecule has 0 bridgehead atoms. The maximum absolute atomic E-state index is 14.2. The first-order valence-electron chi connectivity index (χ1n) is 11.2. The molecule has 0 atom stereocenters. The molecule has 0 aromatic heterocycles. The van der Waals surface area contributed by atoms with E-state index in [0.29, 0.717) is 22.7 Å². The van der Waals surface area contributed by atoms with Gasteiger partial charge in [-0.2, -0.15) is 0 Å². The second-order valence-electron chi connectivity index (χ2n) is 10.9. The van der Waals surface area contributed by atoms with Crippen molar-refractivity contribution in [1.29, 1.82) is 0 Å². The Hall–Kier alpha value is -0.890. The molecule has 0 radical (unpaired) electrons. The quantitative estimate of drug-likeness (QED) is 0.531. The fourth-order valence-electron chi connectivity index (χ4n) is 6.19. The Balaban J connectivity index is 1.80. The summed E-state index contributed by atoms with van der Waals surface area (Å²) in [6.45, 7) is 15.5. The summed E-state index contributed by atoms with van der Waals surface area (Å²) in [4.78, 5) is 2.60. The molecule has 1 aromatic rings. The lowest BCUT2D eigenvalue weighted by molar-refractivity contribution is 0.0962. The lowest BCUT2D eigenvalue weighted by Gasteiger charge is -2.46. The average molecular weight is 374 g/mol. The van der Waals surface area contributed by atoms with Crippen LogP contribution in [0.3, 0.4) is 0 Å².